The molecule has 1 aliphatic heterocycles. The molecule has 0 N–H and O–H groups in total. The summed E-state index contributed by atoms with van der Waals surface area (Å²) < 4.78 is 0. The van der Waals surface area contributed by atoms with Crippen molar-refractivity contribution in [1.29, 1.82) is 0 Å². The van der Waals surface area contributed by atoms with Gasteiger partial charge in [0, 0.05) is 24.6 Å². The summed E-state index contributed by atoms with van der Waals surface area (Å²) in [6, 6.07) is 5.05. The number of ketones is 1. The molecule has 100 valence electrons. The molecule has 0 atom stereocenters. The number of amides is 2. The maximum Gasteiger partial charge on any atom is 0.260 e. The SMILES string of the molecule is CCCCC(=O)c1ccc2c(c1)C(=O)N(C)C(=O)C2. The van der Waals surface area contributed by atoms with Crippen LogP contribution in [-0.2, 0) is 11.2 Å². The Labute approximate surface area is 112 Å². The molecule has 4 nitrogen and oxygen atoms in total. The van der Waals surface area contributed by atoms with Crippen molar-refractivity contribution in [3.63, 3.8) is 0 Å². The molecule has 0 saturated carbocycles. The number of carbonyl (C=O) groups excluding carboxylic acids is 3. The molecule has 1 aromatic rings. The number of imide groups is 1. The van der Waals surface area contributed by atoms with E-state index in [1.807, 2.05) is 6.92 Å². The first-order valence-corrected chi connectivity index (χ1v) is 6.51. The molecule has 0 fully saturated rings. The summed E-state index contributed by atoms with van der Waals surface area (Å²) in [4.78, 5) is 36.6. The first-order chi connectivity index (χ1) is 9.04. The topological polar surface area (TPSA) is 54.5 Å². The third-order valence-electron chi connectivity index (χ3n) is 3.44. The van der Waals surface area contributed by atoms with Crippen LogP contribution >= 0.6 is 0 Å². The van der Waals surface area contributed by atoms with Crippen LogP contribution in [0.1, 0.15) is 52.5 Å². The lowest BCUT2D eigenvalue weighted by molar-refractivity contribution is -0.127. The normalized spacial score (nSPS) is 14.5. The number of nitrogens with zero attached hydrogens (tertiary/aromatic N) is 1. The Hall–Kier alpha value is -1.97. The van der Waals surface area contributed by atoms with Crippen LogP contribution in [0.5, 0.6) is 0 Å². The van der Waals surface area contributed by atoms with Gasteiger partial charge in [0.15, 0.2) is 5.78 Å². The van der Waals surface area contributed by atoms with E-state index in [-0.39, 0.29) is 24.0 Å². The van der Waals surface area contributed by atoms with Gasteiger partial charge in [-0.3, -0.25) is 19.3 Å². The molecular formula is C15H17NO3. The number of unbranched alkanes of at least 4 members (excludes halogenated alkanes) is 1. The van der Waals surface area contributed by atoms with Gasteiger partial charge in [0.05, 0.1) is 6.42 Å². The van der Waals surface area contributed by atoms with Gasteiger partial charge in [0.1, 0.15) is 0 Å². The third kappa shape index (κ3) is 2.57. The van der Waals surface area contributed by atoms with E-state index in [4.69, 9.17) is 0 Å². The van der Waals surface area contributed by atoms with Crippen molar-refractivity contribution in [3.8, 4) is 0 Å². The molecule has 1 aliphatic rings. The Kier molecular flexibility index (Phi) is 3.79. The van der Waals surface area contributed by atoms with Crippen LogP contribution in [0.3, 0.4) is 0 Å². The molecule has 4 heteroatoms. The van der Waals surface area contributed by atoms with E-state index < -0.39 is 0 Å². The van der Waals surface area contributed by atoms with Gasteiger partial charge in [0.25, 0.3) is 5.91 Å². The predicted octanol–water partition coefficient (Wildman–Crippen LogP) is 2.21. The van der Waals surface area contributed by atoms with Crippen molar-refractivity contribution in [2.24, 2.45) is 0 Å². The highest BCUT2D eigenvalue weighted by molar-refractivity contribution is 6.10. The van der Waals surface area contributed by atoms with Gasteiger partial charge in [-0.05, 0) is 18.1 Å². The lowest BCUT2D eigenvalue weighted by atomic mass is 9.94. The van der Waals surface area contributed by atoms with Crippen molar-refractivity contribution in [3.05, 3.63) is 34.9 Å². The average Bonchev–Trinajstić information content (AvgIpc) is 2.42. The Morgan fingerprint density at radius 3 is 2.74 bits per heavy atom. The van der Waals surface area contributed by atoms with Crippen LogP contribution in [0, 0.1) is 0 Å². The summed E-state index contributed by atoms with van der Waals surface area (Å²) in [6.07, 6.45) is 2.54. The molecule has 19 heavy (non-hydrogen) atoms. The third-order valence-corrected chi connectivity index (χ3v) is 3.44. The smallest absolute Gasteiger partial charge is 0.260 e. The molecule has 2 rings (SSSR count). The second-order valence-electron chi connectivity index (χ2n) is 4.83. The van der Waals surface area contributed by atoms with E-state index in [1.54, 1.807) is 18.2 Å². The Morgan fingerprint density at radius 1 is 1.32 bits per heavy atom. The van der Waals surface area contributed by atoms with E-state index in [0.29, 0.717) is 23.1 Å². The molecular weight excluding hydrogens is 242 g/mol. The highest BCUT2D eigenvalue weighted by Crippen LogP contribution is 2.21. The fourth-order valence-corrected chi connectivity index (χ4v) is 2.16. The fourth-order valence-electron chi connectivity index (χ4n) is 2.16. The largest absolute Gasteiger partial charge is 0.294 e. The molecule has 2 amide bonds. The number of fused-ring (bicyclic) bond motifs is 1. The van der Waals surface area contributed by atoms with E-state index in [1.165, 1.54) is 7.05 Å². The number of hydrogen-bond acceptors (Lipinski definition) is 3. The minimum Gasteiger partial charge on any atom is -0.294 e. The van der Waals surface area contributed by atoms with Crippen molar-refractivity contribution in [2.45, 2.75) is 32.6 Å². The Morgan fingerprint density at radius 2 is 2.05 bits per heavy atom. The summed E-state index contributed by atoms with van der Waals surface area (Å²) in [6.45, 7) is 2.03. The summed E-state index contributed by atoms with van der Waals surface area (Å²) in [5.74, 6) is -0.476. The van der Waals surface area contributed by atoms with Crippen molar-refractivity contribution in [2.75, 3.05) is 7.05 Å². The quantitative estimate of drug-likeness (QED) is 0.615. The van der Waals surface area contributed by atoms with Crippen LogP contribution < -0.4 is 0 Å². The van der Waals surface area contributed by atoms with Crippen LogP contribution in [0.2, 0.25) is 0 Å². The summed E-state index contributed by atoms with van der Waals surface area (Å²) in [5.41, 5.74) is 1.74. The molecule has 1 heterocycles. The van der Waals surface area contributed by atoms with Gasteiger partial charge in [0.2, 0.25) is 5.91 Å². The molecule has 1 aromatic carbocycles. The van der Waals surface area contributed by atoms with Gasteiger partial charge in [-0.2, -0.15) is 0 Å². The first kappa shape index (κ1) is 13.5. The number of benzene rings is 1. The number of likely N-dealkylation sites (N-methyl/N-ethyl adjacent to an activating group) is 1. The van der Waals surface area contributed by atoms with Crippen molar-refractivity contribution in [1.82, 2.24) is 4.90 Å². The highest BCUT2D eigenvalue weighted by Gasteiger charge is 2.28. The first-order valence-electron chi connectivity index (χ1n) is 6.51. The van der Waals surface area contributed by atoms with Gasteiger partial charge in [-0.15, -0.1) is 0 Å². The summed E-state index contributed by atoms with van der Waals surface area (Å²) in [7, 11) is 1.47. The highest BCUT2D eigenvalue weighted by atomic mass is 16.2. The minimum absolute atomic E-state index is 0.0528. The summed E-state index contributed by atoms with van der Waals surface area (Å²) in [5, 5.41) is 0. The molecule has 0 aromatic heterocycles. The zero-order valence-corrected chi connectivity index (χ0v) is 11.2. The van der Waals surface area contributed by atoms with Crippen LogP contribution in [0.4, 0.5) is 0 Å². The van der Waals surface area contributed by atoms with Crippen LogP contribution in [0.15, 0.2) is 18.2 Å². The van der Waals surface area contributed by atoms with E-state index >= 15 is 0 Å². The lowest BCUT2D eigenvalue weighted by Crippen LogP contribution is -2.39. The summed E-state index contributed by atoms with van der Waals surface area (Å²) >= 11 is 0. The number of rotatable bonds is 4. The molecule has 0 aliphatic carbocycles. The second kappa shape index (κ2) is 5.34. The molecule has 0 spiro atoms. The van der Waals surface area contributed by atoms with Crippen molar-refractivity contribution >= 4 is 17.6 Å². The standard InChI is InChI=1S/C15H17NO3/c1-3-4-5-13(17)11-7-6-10-9-14(18)16(2)15(19)12(10)8-11/h6-8H,3-5,9H2,1-2H3. The maximum absolute atomic E-state index is 12.0. The van der Waals surface area contributed by atoms with Crippen molar-refractivity contribution < 1.29 is 14.4 Å². The Bertz CT molecular complexity index is 548. The van der Waals surface area contributed by atoms with Crippen LogP contribution in [0.25, 0.3) is 0 Å². The van der Waals surface area contributed by atoms with Gasteiger partial charge in [-0.25, -0.2) is 0 Å². The van der Waals surface area contributed by atoms with E-state index in [0.717, 1.165) is 17.7 Å². The predicted molar refractivity (Wildman–Crippen MR) is 71.1 cm³/mol. The number of Topliss-reactive ketones (excluding diaryl/α,β-unsaturated/α-hetero) is 1. The van der Waals surface area contributed by atoms with Gasteiger partial charge in [-0.1, -0.05) is 25.5 Å². The number of carbonyl (C=O) groups is 3. The van der Waals surface area contributed by atoms with Gasteiger partial charge < -0.3 is 0 Å². The zero-order chi connectivity index (χ0) is 14.0. The van der Waals surface area contributed by atoms with E-state index in [9.17, 15) is 14.4 Å². The van der Waals surface area contributed by atoms with Gasteiger partial charge >= 0.3 is 0 Å². The molecule has 0 unspecified atom stereocenters. The zero-order valence-electron chi connectivity index (χ0n) is 11.2. The molecule has 0 saturated heterocycles. The molecule has 0 bridgehead atoms. The van der Waals surface area contributed by atoms with Crippen LogP contribution in [-0.4, -0.2) is 29.5 Å². The monoisotopic (exact) mass is 259 g/mol. The second-order valence-corrected chi connectivity index (χ2v) is 4.83. The fraction of sp³-hybridized carbons (Fsp3) is 0.400. The Balaban J connectivity index is 2.31. The average molecular weight is 259 g/mol. The maximum atomic E-state index is 12.0. The number of hydrogen-bond donors (Lipinski definition) is 0. The lowest BCUT2D eigenvalue weighted by Gasteiger charge is -2.23. The van der Waals surface area contributed by atoms with E-state index in [2.05, 4.69) is 0 Å². The minimum atomic E-state index is -0.323. The molecule has 0 radical (unpaired) electrons.